The Morgan fingerprint density at radius 3 is 2.38 bits per heavy atom. The minimum Gasteiger partial charge on any atom is -0.497 e. The van der Waals surface area contributed by atoms with Gasteiger partial charge in [-0.25, -0.2) is 9.78 Å². The average molecular weight is 456 g/mol. The Morgan fingerprint density at radius 2 is 1.78 bits per heavy atom. The van der Waals surface area contributed by atoms with E-state index in [2.05, 4.69) is 4.98 Å². The van der Waals surface area contributed by atoms with Gasteiger partial charge in [0.05, 0.1) is 30.5 Å². The molecule has 0 radical (unpaired) electrons. The van der Waals surface area contributed by atoms with Gasteiger partial charge in [-0.05, 0) is 57.2 Å². The Hall–Kier alpha value is -3.39. The Labute approximate surface area is 190 Å². The number of carboxylic acid groups (broad SMARTS) is 1. The fraction of sp³-hybridized carbons (Fsp3) is 0.292. The maximum atomic E-state index is 13.1. The van der Waals surface area contributed by atoms with Crippen LogP contribution in [-0.2, 0) is 11.2 Å². The third-order valence-electron chi connectivity index (χ3n) is 4.87. The van der Waals surface area contributed by atoms with Crippen molar-refractivity contribution < 1.29 is 28.9 Å². The van der Waals surface area contributed by atoms with E-state index in [1.165, 1.54) is 31.9 Å². The van der Waals surface area contributed by atoms with Crippen LogP contribution in [0, 0.1) is 6.92 Å². The molecule has 0 saturated heterocycles. The summed E-state index contributed by atoms with van der Waals surface area (Å²) in [5.41, 5.74) is 1.99. The summed E-state index contributed by atoms with van der Waals surface area (Å²) in [6.45, 7) is 5.32. The van der Waals surface area contributed by atoms with Crippen molar-refractivity contribution >= 4 is 23.1 Å². The number of carboxylic acids is 1. The number of thiazole rings is 1. The quantitative estimate of drug-likeness (QED) is 0.448. The fourth-order valence-electron chi connectivity index (χ4n) is 2.91. The van der Waals surface area contributed by atoms with E-state index in [9.17, 15) is 14.7 Å². The first-order valence-corrected chi connectivity index (χ1v) is 10.9. The molecule has 0 saturated carbocycles. The molecule has 0 aliphatic carbocycles. The van der Waals surface area contributed by atoms with Crippen molar-refractivity contribution in [2.45, 2.75) is 32.8 Å². The molecule has 0 fully saturated rings. The molecule has 3 aromatic rings. The van der Waals surface area contributed by atoms with Gasteiger partial charge in [-0.2, -0.15) is 0 Å². The van der Waals surface area contributed by atoms with Crippen molar-refractivity contribution in [2.75, 3.05) is 13.7 Å². The molecule has 1 N–H and O–H groups in total. The number of hydrogen-bond acceptors (Lipinski definition) is 7. The van der Waals surface area contributed by atoms with E-state index in [4.69, 9.17) is 14.2 Å². The van der Waals surface area contributed by atoms with E-state index < -0.39 is 11.6 Å². The second-order valence-corrected chi connectivity index (χ2v) is 8.53. The van der Waals surface area contributed by atoms with E-state index in [1.54, 1.807) is 47.7 Å². The highest BCUT2D eigenvalue weighted by Gasteiger charge is 2.31. The summed E-state index contributed by atoms with van der Waals surface area (Å²) < 4.78 is 16.7. The first-order chi connectivity index (χ1) is 15.2. The molecule has 1 aromatic heterocycles. The summed E-state index contributed by atoms with van der Waals surface area (Å²) in [6, 6.07) is 11.5. The number of nitrogens with zero attached hydrogens (tertiary/aromatic N) is 1. The maximum absolute atomic E-state index is 13.1. The highest BCUT2D eigenvalue weighted by molar-refractivity contribution is 7.09. The molecule has 0 amide bonds. The molecular formula is C24H25NO6S. The summed E-state index contributed by atoms with van der Waals surface area (Å²) in [5, 5.41) is 9.39. The van der Waals surface area contributed by atoms with Gasteiger partial charge in [0.15, 0.2) is 11.4 Å². The number of carbonyl (C=O) groups excluding carboxylic acids is 1. The van der Waals surface area contributed by atoms with Gasteiger partial charge in [-0.3, -0.25) is 4.79 Å². The van der Waals surface area contributed by atoms with Crippen LogP contribution in [0.25, 0.3) is 0 Å². The zero-order chi connectivity index (χ0) is 23.3. The standard InChI is InChI=1S/C24H25NO6S/c1-15-21(32-14-25-15)11-12-30-17-7-5-16(6-8-17)22(26)19-10-9-18(29-4)13-20(19)31-24(2,3)23(27)28/h5-10,13-14H,11-12H2,1-4H3,(H,27,28). The zero-order valence-electron chi connectivity index (χ0n) is 18.4. The minimum atomic E-state index is -1.52. The van der Waals surface area contributed by atoms with Crippen LogP contribution in [0.1, 0.15) is 40.3 Å². The van der Waals surface area contributed by atoms with E-state index in [0.29, 0.717) is 23.7 Å². The second-order valence-electron chi connectivity index (χ2n) is 7.59. The first-order valence-electron chi connectivity index (χ1n) is 9.98. The number of rotatable bonds is 10. The second kappa shape index (κ2) is 9.82. The van der Waals surface area contributed by atoms with Crippen molar-refractivity contribution in [3.8, 4) is 17.2 Å². The van der Waals surface area contributed by atoms with Gasteiger partial charge >= 0.3 is 5.97 Å². The van der Waals surface area contributed by atoms with Crippen molar-refractivity contribution in [3.05, 3.63) is 69.7 Å². The predicted octanol–water partition coefficient (Wildman–Crippen LogP) is 4.55. The van der Waals surface area contributed by atoms with Gasteiger partial charge in [-0.1, -0.05) is 0 Å². The van der Waals surface area contributed by atoms with E-state index in [0.717, 1.165) is 12.1 Å². The molecule has 0 spiro atoms. The number of carbonyl (C=O) groups is 2. The number of aromatic nitrogens is 1. The van der Waals surface area contributed by atoms with Crippen LogP contribution in [-0.4, -0.2) is 41.2 Å². The number of ether oxygens (including phenoxy) is 3. The summed E-state index contributed by atoms with van der Waals surface area (Å²) in [6.07, 6.45) is 0.767. The number of methoxy groups -OCH3 is 1. The van der Waals surface area contributed by atoms with Crippen molar-refractivity contribution in [1.82, 2.24) is 4.98 Å². The zero-order valence-corrected chi connectivity index (χ0v) is 19.2. The SMILES string of the molecule is COc1ccc(C(=O)c2ccc(OCCc3scnc3C)cc2)c(OC(C)(C)C(=O)O)c1. The normalized spacial score (nSPS) is 11.1. The van der Waals surface area contributed by atoms with E-state index >= 15 is 0 Å². The van der Waals surface area contributed by atoms with Crippen LogP contribution in [0.15, 0.2) is 48.0 Å². The number of aliphatic carboxylic acids is 1. The number of benzene rings is 2. The van der Waals surface area contributed by atoms with Gasteiger partial charge < -0.3 is 19.3 Å². The number of hydrogen-bond donors (Lipinski definition) is 1. The molecule has 0 aliphatic rings. The molecule has 7 nitrogen and oxygen atoms in total. The Morgan fingerprint density at radius 1 is 1.09 bits per heavy atom. The molecular weight excluding hydrogens is 430 g/mol. The van der Waals surface area contributed by atoms with Crippen LogP contribution in [0.3, 0.4) is 0 Å². The highest BCUT2D eigenvalue weighted by atomic mass is 32.1. The lowest BCUT2D eigenvalue weighted by atomic mass is 10.0. The molecule has 0 unspecified atom stereocenters. The first kappa shape index (κ1) is 23.3. The molecule has 1 heterocycles. The van der Waals surface area contributed by atoms with Crippen molar-refractivity contribution in [3.63, 3.8) is 0 Å². The molecule has 168 valence electrons. The monoisotopic (exact) mass is 455 g/mol. The van der Waals surface area contributed by atoms with E-state index in [1.807, 2.05) is 12.4 Å². The lowest BCUT2D eigenvalue weighted by molar-refractivity contribution is -0.152. The van der Waals surface area contributed by atoms with Crippen LogP contribution in [0.4, 0.5) is 0 Å². The Kier molecular flexibility index (Phi) is 7.15. The van der Waals surface area contributed by atoms with Crippen molar-refractivity contribution in [2.24, 2.45) is 0 Å². The van der Waals surface area contributed by atoms with Gasteiger partial charge in [0.25, 0.3) is 0 Å². The summed E-state index contributed by atoms with van der Waals surface area (Å²) in [7, 11) is 1.48. The van der Waals surface area contributed by atoms with Crippen LogP contribution < -0.4 is 14.2 Å². The maximum Gasteiger partial charge on any atom is 0.347 e. The molecule has 2 aromatic carbocycles. The van der Waals surface area contributed by atoms with Crippen LogP contribution in [0.2, 0.25) is 0 Å². The summed E-state index contributed by atoms with van der Waals surface area (Å²) in [5.74, 6) is -0.189. The molecule has 0 aliphatic heterocycles. The largest absolute Gasteiger partial charge is 0.497 e. The van der Waals surface area contributed by atoms with E-state index in [-0.39, 0.29) is 17.1 Å². The van der Waals surface area contributed by atoms with Crippen LogP contribution in [0.5, 0.6) is 17.2 Å². The third-order valence-corrected chi connectivity index (χ3v) is 5.87. The number of aryl methyl sites for hydroxylation is 1. The van der Waals surface area contributed by atoms with Gasteiger partial charge in [-0.15, -0.1) is 11.3 Å². The summed E-state index contributed by atoms with van der Waals surface area (Å²) in [4.78, 5) is 30.0. The lowest BCUT2D eigenvalue weighted by Gasteiger charge is -2.23. The topological polar surface area (TPSA) is 95.0 Å². The Balaban J connectivity index is 1.75. The Bertz CT molecular complexity index is 1100. The van der Waals surface area contributed by atoms with Crippen LogP contribution >= 0.6 is 11.3 Å². The fourth-order valence-corrected chi connectivity index (χ4v) is 3.67. The minimum absolute atomic E-state index is 0.141. The lowest BCUT2D eigenvalue weighted by Crippen LogP contribution is -2.38. The third kappa shape index (κ3) is 5.45. The highest BCUT2D eigenvalue weighted by Crippen LogP contribution is 2.30. The predicted molar refractivity (Wildman–Crippen MR) is 121 cm³/mol. The van der Waals surface area contributed by atoms with Gasteiger partial charge in [0.1, 0.15) is 17.2 Å². The summed E-state index contributed by atoms with van der Waals surface area (Å²) >= 11 is 1.60. The molecule has 0 atom stereocenters. The van der Waals surface area contributed by atoms with Gasteiger partial charge in [0, 0.05) is 22.9 Å². The van der Waals surface area contributed by atoms with Gasteiger partial charge in [0.2, 0.25) is 0 Å². The smallest absolute Gasteiger partial charge is 0.347 e. The van der Waals surface area contributed by atoms with Crippen molar-refractivity contribution in [1.29, 1.82) is 0 Å². The molecule has 3 rings (SSSR count). The average Bonchev–Trinajstić information content (AvgIpc) is 3.18. The molecule has 8 heteroatoms. The number of ketones is 1. The molecule has 32 heavy (non-hydrogen) atoms. The molecule has 0 bridgehead atoms.